The second-order valence-electron chi connectivity index (χ2n) is 8.45. The van der Waals surface area contributed by atoms with Crippen molar-refractivity contribution in [1.29, 1.82) is 0 Å². The number of furan rings is 1. The number of hydrogen-bond acceptors (Lipinski definition) is 3. The maximum Gasteiger partial charge on any atom is 0.253 e. The number of fused-ring (bicyclic) bond motifs is 1. The molecular weight excluding hydrogens is 348 g/mol. The van der Waals surface area contributed by atoms with Gasteiger partial charge in [0.25, 0.3) is 5.91 Å². The Labute approximate surface area is 165 Å². The number of nitrogens with zero attached hydrogens (tertiary/aromatic N) is 2. The van der Waals surface area contributed by atoms with Gasteiger partial charge in [-0.2, -0.15) is 0 Å². The predicted molar refractivity (Wildman–Crippen MR) is 110 cm³/mol. The third-order valence-electron chi connectivity index (χ3n) is 6.41. The minimum atomic E-state index is 0.156. The first-order valence-electron chi connectivity index (χ1n) is 10.2. The molecule has 0 saturated carbocycles. The molecule has 0 radical (unpaired) electrons. The third kappa shape index (κ3) is 3.33. The van der Waals surface area contributed by atoms with Gasteiger partial charge in [-0.1, -0.05) is 30.3 Å². The van der Waals surface area contributed by atoms with Gasteiger partial charge in [-0.15, -0.1) is 0 Å². The number of hydrogen-bond donors (Lipinski definition) is 0. The van der Waals surface area contributed by atoms with Crippen LogP contribution in [0.3, 0.4) is 0 Å². The van der Waals surface area contributed by atoms with Crippen molar-refractivity contribution in [3.8, 4) is 0 Å². The smallest absolute Gasteiger partial charge is 0.253 e. The Morgan fingerprint density at radius 1 is 1.00 bits per heavy atom. The molecule has 0 bridgehead atoms. The summed E-state index contributed by atoms with van der Waals surface area (Å²) in [7, 11) is 0. The lowest BCUT2D eigenvalue weighted by atomic mass is 9.79. The molecule has 28 heavy (non-hydrogen) atoms. The number of piperidine rings is 1. The van der Waals surface area contributed by atoms with Gasteiger partial charge in [0.2, 0.25) is 0 Å². The summed E-state index contributed by atoms with van der Waals surface area (Å²) in [5.41, 5.74) is 3.23. The summed E-state index contributed by atoms with van der Waals surface area (Å²) < 4.78 is 5.40. The maximum atomic E-state index is 13.2. The molecule has 2 aliphatic rings. The summed E-state index contributed by atoms with van der Waals surface area (Å²) in [5, 5.41) is 0.993. The van der Waals surface area contributed by atoms with Gasteiger partial charge in [0.05, 0.1) is 6.26 Å². The molecule has 4 nitrogen and oxygen atoms in total. The Hall–Kier alpha value is -2.59. The molecule has 3 aromatic rings. The third-order valence-corrected chi connectivity index (χ3v) is 6.41. The monoisotopic (exact) mass is 374 g/mol. The molecule has 0 N–H and O–H groups in total. The summed E-state index contributed by atoms with van der Waals surface area (Å²) in [6, 6.07) is 18.4. The van der Waals surface area contributed by atoms with Crippen LogP contribution in [0.4, 0.5) is 0 Å². The average molecular weight is 374 g/mol. The molecule has 2 aliphatic heterocycles. The molecule has 3 heterocycles. The van der Waals surface area contributed by atoms with Crippen LogP contribution in [0.2, 0.25) is 0 Å². The second-order valence-corrected chi connectivity index (χ2v) is 8.45. The van der Waals surface area contributed by atoms with Crippen molar-refractivity contribution in [3.63, 3.8) is 0 Å². The summed E-state index contributed by atoms with van der Waals surface area (Å²) >= 11 is 0. The number of amides is 1. The van der Waals surface area contributed by atoms with E-state index < -0.39 is 0 Å². The predicted octanol–water partition coefficient (Wildman–Crippen LogP) is 4.56. The maximum absolute atomic E-state index is 13.2. The zero-order chi connectivity index (χ0) is 19.0. The highest BCUT2D eigenvalue weighted by atomic mass is 16.3. The average Bonchev–Trinajstić information content (AvgIpc) is 3.35. The lowest BCUT2D eigenvalue weighted by Gasteiger charge is -2.40. The zero-order valence-corrected chi connectivity index (χ0v) is 16.1. The van der Waals surface area contributed by atoms with E-state index in [2.05, 4.69) is 40.1 Å². The second kappa shape index (κ2) is 7.10. The van der Waals surface area contributed by atoms with Crippen molar-refractivity contribution in [3.05, 3.63) is 72.0 Å². The van der Waals surface area contributed by atoms with Gasteiger partial charge in [0.1, 0.15) is 5.58 Å². The number of carbonyl (C=O) groups is 1. The van der Waals surface area contributed by atoms with E-state index in [-0.39, 0.29) is 11.3 Å². The molecule has 2 fully saturated rings. The zero-order valence-electron chi connectivity index (χ0n) is 16.1. The minimum absolute atomic E-state index is 0.156. The summed E-state index contributed by atoms with van der Waals surface area (Å²) in [5.74, 6) is 0.156. The van der Waals surface area contributed by atoms with E-state index in [1.807, 2.05) is 24.3 Å². The lowest BCUT2D eigenvalue weighted by Crippen LogP contribution is -2.47. The van der Waals surface area contributed by atoms with Crippen molar-refractivity contribution in [2.24, 2.45) is 5.41 Å². The van der Waals surface area contributed by atoms with Crippen molar-refractivity contribution in [1.82, 2.24) is 9.80 Å². The van der Waals surface area contributed by atoms with E-state index in [0.29, 0.717) is 0 Å². The van der Waals surface area contributed by atoms with Gasteiger partial charge in [-0.25, -0.2) is 0 Å². The van der Waals surface area contributed by atoms with E-state index in [1.54, 1.807) is 6.26 Å². The van der Waals surface area contributed by atoms with Crippen LogP contribution in [-0.2, 0) is 6.54 Å². The highest BCUT2D eigenvalue weighted by Crippen LogP contribution is 2.40. The number of likely N-dealkylation sites (tertiary alicyclic amines) is 2. The molecule has 1 atom stereocenters. The Kier molecular flexibility index (Phi) is 4.44. The molecule has 0 aliphatic carbocycles. The molecule has 1 spiro atoms. The van der Waals surface area contributed by atoms with Crippen LogP contribution in [-0.4, -0.2) is 41.9 Å². The Morgan fingerprint density at radius 2 is 1.89 bits per heavy atom. The van der Waals surface area contributed by atoms with E-state index in [4.69, 9.17) is 4.42 Å². The fourth-order valence-electron chi connectivity index (χ4n) is 5.00. The van der Waals surface area contributed by atoms with Crippen LogP contribution < -0.4 is 0 Å². The molecule has 1 unspecified atom stereocenters. The van der Waals surface area contributed by atoms with Gasteiger partial charge in [0, 0.05) is 42.5 Å². The van der Waals surface area contributed by atoms with Gasteiger partial charge < -0.3 is 9.32 Å². The first-order valence-corrected chi connectivity index (χ1v) is 10.2. The molecule has 2 saturated heterocycles. The fourth-order valence-corrected chi connectivity index (χ4v) is 5.00. The quantitative estimate of drug-likeness (QED) is 0.674. The molecule has 5 rings (SSSR count). The van der Waals surface area contributed by atoms with E-state index in [1.165, 1.54) is 18.4 Å². The highest BCUT2D eigenvalue weighted by molar-refractivity contribution is 5.97. The molecule has 1 aromatic heterocycles. The largest absolute Gasteiger partial charge is 0.464 e. The van der Waals surface area contributed by atoms with Gasteiger partial charge in [-0.05, 0) is 55.6 Å². The first-order chi connectivity index (χ1) is 13.7. The van der Waals surface area contributed by atoms with Crippen LogP contribution in [0.15, 0.2) is 65.3 Å². The topological polar surface area (TPSA) is 36.7 Å². The summed E-state index contributed by atoms with van der Waals surface area (Å²) in [6.45, 7) is 4.96. The SMILES string of the molecule is O=C(c1ccc2occc2c1)N1CCCC2(CCN(Cc3ccccc3)C2)C1. The number of benzene rings is 2. The van der Waals surface area contributed by atoms with Crippen molar-refractivity contribution in [2.75, 3.05) is 26.2 Å². The van der Waals surface area contributed by atoms with E-state index in [9.17, 15) is 4.79 Å². The summed E-state index contributed by atoms with van der Waals surface area (Å²) in [4.78, 5) is 17.8. The van der Waals surface area contributed by atoms with Gasteiger partial charge >= 0.3 is 0 Å². The van der Waals surface area contributed by atoms with Crippen LogP contribution in [0.1, 0.15) is 35.2 Å². The normalized spacial score (nSPS) is 22.9. The van der Waals surface area contributed by atoms with Crippen molar-refractivity contribution in [2.45, 2.75) is 25.8 Å². The Balaban J connectivity index is 1.28. The minimum Gasteiger partial charge on any atom is -0.464 e. The van der Waals surface area contributed by atoms with Gasteiger partial charge in [-0.3, -0.25) is 9.69 Å². The van der Waals surface area contributed by atoms with Crippen LogP contribution in [0.5, 0.6) is 0 Å². The first kappa shape index (κ1) is 17.5. The lowest BCUT2D eigenvalue weighted by molar-refractivity contribution is 0.0527. The standard InChI is InChI=1S/C24H26N2O2/c27-23(21-7-8-22-20(15-21)9-14-28-22)26-12-4-10-24(18-26)11-13-25(17-24)16-19-5-2-1-3-6-19/h1-3,5-9,14-15H,4,10-13,16-18H2. The van der Waals surface area contributed by atoms with Crippen LogP contribution in [0, 0.1) is 5.41 Å². The van der Waals surface area contributed by atoms with Gasteiger partial charge in [0.15, 0.2) is 0 Å². The number of carbonyl (C=O) groups excluding carboxylic acids is 1. The van der Waals surface area contributed by atoms with E-state index >= 15 is 0 Å². The molecule has 2 aromatic carbocycles. The molecular formula is C24H26N2O2. The van der Waals surface area contributed by atoms with Crippen LogP contribution in [0.25, 0.3) is 11.0 Å². The number of rotatable bonds is 3. The molecule has 4 heteroatoms. The Morgan fingerprint density at radius 3 is 2.79 bits per heavy atom. The van der Waals surface area contributed by atoms with Crippen molar-refractivity contribution >= 4 is 16.9 Å². The Bertz CT molecular complexity index is 980. The highest BCUT2D eigenvalue weighted by Gasteiger charge is 2.42. The molecule has 1 amide bonds. The molecule has 144 valence electrons. The van der Waals surface area contributed by atoms with E-state index in [0.717, 1.165) is 55.7 Å². The van der Waals surface area contributed by atoms with Crippen molar-refractivity contribution < 1.29 is 9.21 Å². The van der Waals surface area contributed by atoms with Crippen LogP contribution >= 0.6 is 0 Å². The fraction of sp³-hybridized carbons (Fsp3) is 0.375. The summed E-state index contributed by atoms with van der Waals surface area (Å²) in [6.07, 6.45) is 5.18.